The zero-order valence-electron chi connectivity index (χ0n) is 5.85. The van der Waals surface area contributed by atoms with Crippen LogP contribution in [0.1, 0.15) is 19.8 Å². The summed E-state index contributed by atoms with van der Waals surface area (Å²) in [5.41, 5.74) is 6.34. The quantitative estimate of drug-likeness (QED) is 0.482. The fourth-order valence-corrected chi connectivity index (χ4v) is 2.08. The fraction of sp³-hybridized carbons (Fsp3) is 1.00. The van der Waals surface area contributed by atoms with Gasteiger partial charge in [-0.25, -0.2) is 0 Å². The molecule has 1 saturated carbocycles. The smallest absolute Gasteiger partial charge is 0.0109 e. The average Bonchev–Trinajstić information content (AvgIpc) is 1.77. The zero-order chi connectivity index (χ0) is 6.48. The van der Waals surface area contributed by atoms with E-state index in [1.165, 1.54) is 19.4 Å². The molecule has 2 fully saturated rings. The third-order valence-electron chi connectivity index (χ3n) is 3.02. The van der Waals surface area contributed by atoms with E-state index in [4.69, 9.17) is 5.73 Å². The van der Waals surface area contributed by atoms with Gasteiger partial charge in [-0.3, -0.25) is 0 Å². The highest BCUT2D eigenvalue weighted by Gasteiger charge is 2.51. The first-order valence-electron chi connectivity index (χ1n) is 3.72. The molecule has 0 amide bonds. The van der Waals surface area contributed by atoms with Crippen LogP contribution in [0.15, 0.2) is 0 Å². The molecule has 1 atom stereocenters. The third-order valence-corrected chi connectivity index (χ3v) is 3.02. The standard InChI is InChI=1S/C7H14N2/c1-5-7(4-9-5)2-6(8)3-7/h5-6,9H,2-4,8H2,1H3. The molecule has 2 rings (SSSR count). The Balaban J connectivity index is 1.97. The highest BCUT2D eigenvalue weighted by Crippen LogP contribution is 2.47. The van der Waals surface area contributed by atoms with Crippen molar-refractivity contribution in [2.75, 3.05) is 6.54 Å². The number of nitrogens with two attached hydrogens (primary N) is 1. The van der Waals surface area contributed by atoms with Gasteiger partial charge in [-0.1, -0.05) is 0 Å². The minimum absolute atomic E-state index is 0.509. The van der Waals surface area contributed by atoms with Gasteiger partial charge in [0.2, 0.25) is 0 Å². The van der Waals surface area contributed by atoms with Crippen molar-refractivity contribution in [2.45, 2.75) is 31.8 Å². The van der Waals surface area contributed by atoms with Crippen LogP contribution in [0, 0.1) is 5.41 Å². The van der Waals surface area contributed by atoms with E-state index in [-0.39, 0.29) is 0 Å². The van der Waals surface area contributed by atoms with Crippen LogP contribution in [0.3, 0.4) is 0 Å². The van der Waals surface area contributed by atoms with Gasteiger partial charge in [0.1, 0.15) is 0 Å². The van der Waals surface area contributed by atoms with E-state index in [0.717, 1.165) is 6.04 Å². The maximum absolute atomic E-state index is 5.70. The summed E-state index contributed by atoms with van der Waals surface area (Å²) in [5, 5.41) is 3.37. The second-order valence-electron chi connectivity index (χ2n) is 3.63. The molecular weight excluding hydrogens is 112 g/mol. The van der Waals surface area contributed by atoms with Crippen LogP contribution >= 0.6 is 0 Å². The molecule has 1 saturated heterocycles. The van der Waals surface area contributed by atoms with Crippen LogP contribution in [0.5, 0.6) is 0 Å². The molecular formula is C7H14N2. The monoisotopic (exact) mass is 126 g/mol. The van der Waals surface area contributed by atoms with Crippen molar-refractivity contribution < 1.29 is 0 Å². The van der Waals surface area contributed by atoms with Crippen LogP contribution in [0.2, 0.25) is 0 Å². The number of hydrogen-bond donors (Lipinski definition) is 2. The Hall–Kier alpha value is -0.0800. The molecule has 0 bridgehead atoms. The van der Waals surface area contributed by atoms with Gasteiger partial charge >= 0.3 is 0 Å². The molecule has 0 radical (unpaired) electrons. The van der Waals surface area contributed by atoms with E-state index in [1.54, 1.807) is 0 Å². The Kier molecular flexibility index (Phi) is 0.945. The summed E-state index contributed by atoms with van der Waals surface area (Å²) < 4.78 is 0. The molecule has 1 heterocycles. The van der Waals surface area contributed by atoms with Crippen LogP contribution < -0.4 is 11.1 Å². The van der Waals surface area contributed by atoms with Crippen LogP contribution in [-0.2, 0) is 0 Å². The topological polar surface area (TPSA) is 38.0 Å². The van der Waals surface area contributed by atoms with Gasteiger partial charge in [-0.15, -0.1) is 0 Å². The van der Waals surface area contributed by atoms with Crippen molar-refractivity contribution in [3.63, 3.8) is 0 Å². The van der Waals surface area contributed by atoms with Crippen molar-refractivity contribution in [3.05, 3.63) is 0 Å². The summed E-state index contributed by atoms with van der Waals surface area (Å²) in [5.74, 6) is 0. The van der Waals surface area contributed by atoms with Crippen molar-refractivity contribution in [1.29, 1.82) is 0 Å². The first-order chi connectivity index (χ1) is 4.23. The fourth-order valence-electron chi connectivity index (χ4n) is 2.08. The van der Waals surface area contributed by atoms with Crippen molar-refractivity contribution in [1.82, 2.24) is 5.32 Å². The molecule has 0 aromatic carbocycles. The van der Waals surface area contributed by atoms with E-state index in [0.29, 0.717) is 11.5 Å². The van der Waals surface area contributed by atoms with Gasteiger partial charge in [-0.05, 0) is 19.8 Å². The van der Waals surface area contributed by atoms with E-state index in [2.05, 4.69) is 12.2 Å². The van der Waals surface area contributed by atoms with E-state index < -0.39 is 0 Å². The minimum Gasteiger partial charge on any atom is -0.328 e. The predicted octanol–water partition coefficient (Wildman–Crippen LogP) is 0.0856. The number of rotatable bonds is 0. The molecule has 0 aromatic rings. The largest absolute Gasteiger partial charge is 0.328 e. The summed E-state index contributed by atoms with van der Waals surface area (Å²) in [6.07, 6.45) is 2.50. The Labute approximate surface area is 55.8 Å². The lowest BCUT2D eigenvalue weighted by molar-refractivity contribution is -0.0111. The maximum atomic E-state index is 5.70. The first kappa shape index (κ1) is 5.69. The Bertz CT molecular complexity index is 127. The second-order valence-corrected chi connectivity index (χ2v) is 3.63. The molecule has 3 N–H and O–H groups in total. The van der Waals surface area contributed by atoms with Gasteiger partial charge in [-0.2, -0.15) is 0 Å². The lowest BCUT2D eigenvalue weighted by atomic mass is 9.57. The van der Waals surface area contributed by atoms with Crippen LogP contribution in [-0.4, -0.2) is 18.6 Å². The third kappa shape index (κ3) is 0.578. The lowest BCUT2D eigenvalue weighted by Crippen LogP contribution is -2.69. The summed E-state index contributed by atoms with van der Waals surface area (Å²) >= 11 is 0. The van der Waals surface area contributed by atoms with Crippen LogP contribution in [0.25, 0.3) is 0 Å². The molecule has 9 heavy (non-hydrogen) atoms. The average molecular weight is 126 g/mol. The van der Waals surface area contributed by atoms with Gasteiger partial charge in [0.05, 0.1) is 0 Å². The molecule has 1 unspecified atom stereocenters. The highest BCUT2D eigenvalue weighted by atomic mass is 15.1. The summed E-state index contributed by atoms with van der Waals surface area (Å²) in [6, 6.07) is 1.24. The molecule has 2 heteroatoms. The Morgan fingerprint density at radius 2 is 2.22 bits per heavy atom. The number of hydrogen-bond acceptors (Lipinski definition) is 2. The normalized spacial score (nSPS) is 56.7. The highest BCUT2D eigenvalue weighted by molar-refractivity contribution is 5.09. The Morgan fingerprint density at radius 1 is 1.56 bits per heavy atom. The van der Waals surface area contributed by atoms with Gasteiger partial charge < -0.3 is 11.1 Å². The van der Waals surface area contributed by atoms with E-state index in [9.17, 15) is 0 Å². The van der Waals surface area contributed by atoms with Gasteiger partial charge in [0.15, 0.2) is 0 Å². The predicted molar refractivity (Wildman–Crippen MR) is 37.1 cm³/mol. The second kappa shape index (κ2) is 1.50. The number of nitrogens with one attached hydrogen (secondary N) is 1. The molecule has 2 aliphatic rings. The molecule has 2 nitrogen and oxygen atoms in total. The van der Waals surface area contributed by atoms with Crippen LogP contribution in [0.4, 0.5) is 0 Å². The molecule has 52 valence electrons. The van der Waals surface area contributed by atoms with Crippen molar-refractivity contribution in [3.8, 4) is 0 Å². The molecule has 1 spiro atoms. The lowest BCUT2D eigenvalue weighted by Gasteiger charge is -2.58. The van der Waals surface area contributed by atoms with E-state index in [1.807, 2.05) is 0 Å². The van der Waals surface area contributed by atoms with Gasteiger partial charge in [0.25, 0.3) is 0 Å². The van der Waals surface area contributed by atoms with E-state index >= 15 is 0 Å². The minimum atomic E-state index is 0.509. The molecule has 0 aromatic heterocycles. The maximum Gasteiger partial charge on any atom is 0.0109 e. The van der Waals surface area contributed by atoms with Crippen molar-refractivity contribution >= 4 is 0 Å². The van der Waals surface area contributed by atoms with Crippen molar-refractivity contribution in [2.24, 2.45) is 11.1 Å². The summed E-state index contributed by atoms with van der Waals surface area (Å²) in [6.45, 7) is 3.47. The van der Waals surface area contributed by atoms with Gasteiger partial charge in [0, 0.05) is 24.0 Å². The molecule has 1 aliphatic carbocycles. The zero-order valence-corrected chi connectivity index (χ0v) is 5.85. The summed E-state index contributed by atoms with van der Waals surface area (Å²) in [7, 11) is 0. The summed E-state index contributed by atoms with van der Waals surface area (Å²) in [4.78, 5) is 0. The first-order valence-corrected chi connectivity index (χ1v) is 3.72. The molecule has 1 aliphatic heterocycles. The Morgan fingerprint density at radius 3 is 2.33 bits per heavy atom. The SMILES string of the molecule is CC1NCC12CC(N)C2.